The summed E-state index contributed by atoms with van der Waals surface area (Å²) in [6.07, 6.45) is 8.86. The highest BCUT2D eigenvalue weighted by Gasteiger charge is 2.21. The summed E-state index contributed by atoms with van der Waals surface area (Å²) in [5, 5.41) is 2.88. The van der Waals surface area contributed by atoms with Crippen LogP contribution in [0.5, 0.6) is 11.5 Å². The second kappa shape index (κ2) is 7.51. The van der Waals surface area contributed by atoms with E-state index in [0.717, 1.165) is 37.7 Å². The van der Waals surface area contributed by atoms with Crippen molar-refractivity contribution in [1.82, 2.24) is 5.32 Å². The van der Waals surface area contributed by atoms with Gasteiger partial charge in [-0.05, 0) is 56.7 Å². The van der Waals surface area contributed by atoms with Crippen LogP contribution in [0, 0.1) is 5.92 Å². The van der Waals surface area contributed by atoms with E-state index in [9.17, 15) is 9.59 Å². The van der Waals surface area contributed by atoms with Gasteiger partial charge in [0.25, 0.3) is 5.91 Å². The lowest BCUT2D eigenvalue weighted by Gasteiger charge is -2.17. The van der Waals surface area contributed by atoms with Crippen LogP contribution in [0.4, 0.5) is 0 Å². The molecule has 1 unspecified atom stereocenters. The number of amides is 1. The van der Waals surface area contributed by atoms with Crippen LogP contribution in [0.15, 0.2) is 30.0 Å². The predicted octanol–water partition coefficient (Wildman–Crippen LogP) is 3.24. The minimum atomic E-state index is -0.188. The molecule has 1 N–H and O–H groups in total. The monoisotopic (exact) mass is 329 g/mol. The summed E-state index contributed by atoms with van der Waals surface area (Å²) >= 11 is 0. The van der Waals surface area contributed by atoms with Gasteiger partial charge >= 0.3 is 0 Å². The lowest BCUT2D eigenvalue weighted by Crippen LogP contribution is -2.22. The highest BCUT2D eigenvalue weighted by atomic mass is 16.5. The molecule has 0 heterocycles. The molecule has 1 atom stereocenters. The number of benzene rings is 1. The van der Waals surface area contributed by atoms with Gasteiger partial charge in [0.05, 0.1) is 13.2 Å². The van der Waals surface area contributed by atoms with Crippen molar-refractivity contribution in [3.05, 3.63) is 35.5 Å². The lowest BCUT2D eigenvalue weighted by molar-refractivity contribution is -0.109. The maximum atomic E-state index is 12.4. The van der Waals surface area contributed by atoms with Crippen LogP contribution in [0.25, 0.3) is 0 Å². The molecule has 3 rings (SSSR count). The number of allylic oxidation sites excluding steroid dienone is 2. The van der Waals surface area contributed by atoms with E-state index >= 15 is 0 Å². The predicted molar refractivity (Wildman–Crippen MR) is 90.2 cm³/mol. The Balaban J connectivity index is 1.72. The summed E-state index contributed by atoms with van der Waals surface area (Å²) in [4.78, 5) is 23.2. The number of aldehydes is 1. The van der Waals surface area contributed by atoms with Crippen molar-refractivity contribution >= 4 is 12.2 Å². The van der Waals surface area contributed by atoms with Gasteiger partial charge in [0.1, 0.15) is 6.29 Å². The molecule has 0 spiro atoms. The molecule has 0 aliphatic heterocycles. The maximum Gasteiger partial charge on any atom is 0.255 e. The first-order chi connectivity index (χ1) is 11.7. The summed E-state index contributed by atoms with van der Waals surface area (Å²) in [6, 6.07) is 5.22. The van der Waals surface area contributed by atoms with E-state index in [2.05, 4.69) is 5.32 Å². The summed E-state index contributed by atoms with van der Waals surface area (Å²) < 4.78 is 11.4. The van der Waals surface area contributed by atoms with E-state index in [1.165, 1.54) is 12.8 Å². The standard InChI is InChI=1S/C19H23NO4/c1-23-17-9-7-14(11-18(17)24-16-4-2-3-5-16)19(22)20-15-8-6-13(10-15)12-21/h7,9-13,16H,2-6,8H2,1H3,(H,20,22). The average Bonchev–Trinajstić information content (AvgIpc) is 3.26. The third-order valence-corrected chi connectivity index (χ3v) is 4.63. The van der Waals surface area contributed by atoms with Gasteiger partial charge in [-0.15, -0.1) is 0 Å². The Morgan fingerprint density at radius 2 is 2.00 bits per heavy atom. The maximum absolute atomic E-state index is 12.4. The molecule has 1 fully saturated rings. The van der Waals surface area contributed by atoms with Crippen molar-refractivity contribution in [2.75, 3.05) is 7.11 Å². The lowest BCUT2D eigenvalue weighted by atomic mass is 10.1. The highest BCUT2D eigenvalue weighted by Crippen LogP contribution is 2.32. The van der Waals surface area contributed by atoms with E-state index in [4.69, 9.17) is 9.47 Å². The van der Waals surface area contributed by atoms with Crippen LogP contribution in [-0.2, 0) is 4.79 Å². The van der Waals surface area contributed by atoms with Crippen molar-refractivity contribution in [3.63, 3.8) is 0 Å². The topological polar surface area (TPSA) is 64.6 Å². The van der Waals surface area contributed by atoms with Crippen molar-refractivity contribution in [2.45, 2.75) is 44.6 Å². The summed E-state index contributed by atoms with van der Waals surface area (Å²) in [6.45, 7) is 0. The Morgan fingerprint density at radius 1 is 1.21 bits per heavy atom. The largest absolute Gasteiger partial charge is 0.493 e. The zero-order chi connectivity index (χ0) is 16.9. The van der Waals surface area contributed by atoms with E-state index in [1.54, 1.807) is 25.3 Å². The Morgan fingerprint density at radius 3 is 2.67 bits per heavy atom. The Bertz CT molecular complexity index is 647. The van der Waals surface area contributed by atoms with Crippen molar-refractivity contribution < 1.29 is 19.1 Å². The van der Waals surface area contributed by atoms with Crippen LogP contribution in [0.1, 0.15) is 48.9 Å². The van der Waals surface area contributed by atoms with Gasteiger partial charge < -0.3 is 19.6 Å². The molecule has 2 aliphatic rings. The molecule has 0 bridgehead atoms. The third kappa shape index (κ3) is 3.78. The van der Waals surface area contributed by atoms with Crippen LogP contribution in [-0.4, -0.2) is 25.4 Å². The molecule has 5 nitrogen and oxygen atoms in total. The number of carbonyl (C=O) groups is 2. The van der Waals surface area contributed by atoms with Crippen molar-refractivity contribution in [1.29, 1.82) is 0 Å². The Kier molecular flexibility index (Phi) is 5.18. The van der Waals surface area contributed by atoms with Crippen LogP contribution >= 0.6 is 0 Å². The zero-order valence-electron chi connectivity index (χ0n) is 13.9. The van der Waals surface area contributed by atoms with Crippen molar-refractivity contribution in [3.8, 4) is 11.5 Å². The van der Waals surface area contributed by atoms with Crippen molar-refractivity contribution in [2.24, 2.45) is 5.92 Å². The normalized spacial score (nSPS) is 20.5. The number of carbonyl (C=O) groups excluding carboxylic acids is 2. The molecule has 5 heteroatoms. The number of ether oxygens (including phenoxy) is 2. The first-order valence-electron chi connectivity index (χ1n) is 8.51. The first-order valence-corrected chi connectivity index (χ1v) is 8.51. The van der Waals surface area contributed by atoms with Crippen LogP contribution in [0.2, 0.25) is 0 Å². The van der Waals surface area contributed by atoms with Crippen LogP contribution in [0.3, 0.4) is 0 Å². The molecule has 2 aliphatic carbocycles. The second-order valence-corrected chi connectivity index (χ2v) is 6.37. The summed E-state index contributed by atoms with van der Waals surface area (Å²) in [5.74, 6) is 0.979. The number of rotatable bonds is 6. The minimum Gasteiger partial charge on any atom is -0.493 e. The Hall–Kier alpha value is -2.30. The molecule has 128 valence electrons. The molecule has 0 radical (unpaired) electrons. The zero-order valence-corrected chi connectivity index (χ0v) is 13.9. The molecule has 1 amide bonds. The van der Waals surface area contributed by atoms with E-state index < -0.39 is 0 Å². The quantitative estimate of drug-likeness (QED) is 0.814. The van der Waals surface area contributed by atoms with Gasteiger partial charge in [-0.1, -0.05) is 6.08 Å². The molecular weight excluding hydrogens is 306 g/mol. The number of nitrogens with one attached hydrogen (secondary N) is 1. The smallest absolute Gasteiger partial charge is 0.255 e. The number of hydrogen-bond acceptors (Lipinski definition) is 4. The third-order valence-electron chi connectivity index (χ3n) is 4.63. The summed E-state index contributed by atoms with van der Waals surface area (Å²) in [7, 11) is 1.60. The van der Waals surface area contributed by atoms with E-state index in [0.29, 0.717) is 17.1 Å². The SMILES string of the molecule is COc1ccc(C(=O)NC2=CC(C=O)CC2)cc1OC1CCCC1. The van der Waals surface area contributed by atoms with Crippen LogP contribution < -0.4 is 14.8 Å². The molecule has 1 aromatic rings. The fourth-order valence-corrected chi connectivity index (χ4v) is 3.27. The fourth-order valence-electron chi connectivity index (χ4n) is 3.27. The molecule has 1 aromatic carbocycles. The number of hydrogen-bond donors (Lipinski definition) is 1. The number of methoxy groups -OCH3 is 1. The fraction of sp³-hybridized carbons (Fsp3) is 0.474. The van der Waals surface area contributed by atoms with Gasteiger partial charge in [-0.3, -0.25) is 4.79 Å². The summed E-state index contributed by atoms with van der Waals surface area (Å²) in [5.41, 5.74) is 1.34. The van der Waals surface area contributed by atoms with Gasteiger partial charge in [0, 0.05) is 17.2 Å². The average molecular weight is 329 g/mol. The van der Waals surface area contributed by atoms with E-state index in [-0.39, 0.29) is 17.9 Å². The molecular formula is C19H23NO4. The van der Waals surface area contributed by atoms with Gasteiger partial charge in [-0.25, -0.2) is 0 Å². The van der Waals surface area contributed by atoms with Gasteiger partial charge in [0.15, 0.2) is 11.5 Å². The first kappa shape index (κ1) is 16.6. The molecule has 1 saturated carbocycles. The second-order valence-electron chi connectivity index (χ2n) is 6.37. The molecule has 24 heavy (non-hydrogen) atoms. The minimum absolute atomic E-state index is 0.0857. The Labute approximate surface area is 142 Å². The van der Waals surface area contributed by atoms with E-state index in [1.807, 2.05) is 6.08 Å². The van der Waals surface area contributed by atoms with Gasteiger partial charge in [0.2, 0.25) is 0 Å². The van der Waals surface area contributed by atoms with Gasteiger partial charge in [-0.2, -0.15) is 0 Å². The molecule has 0 saturated heterocycles. The highest BCUT2D eigenvalue weighted by molar-refractivity contribution is 5.96. The molecule has 0 aromatic heterocycles.